The number of amides is 4. The van der Waals surface area contributed by atoms with Gasteiger partial charge in [-0.2, -0.15) is 0 Å². The number of imide groups is 1. The molecule has 0 spiro atoms. The van der Waals surface area contributed by atoms with Crippen molar-refractivity contribution in [3.63, 3.8) is 0 Å². The van der Waals surface area contributed by atoms with Crippen LogP contribution >= 0.6 is 0 Å². The second-order valence-corrected chi connectivity index (χ2v) is 6.80. The fourth-order valence-corrected chi connectivity index (χ4v) is 3.30. The lowest BCUT2D eigenvalue weighted by molar-refractivity contribution is -0.140. The predicted molar refractivity (Wildman–Crippen MR) is 95.3 cm³/mol. The Morgan fingerprint density at radius 2 is 2.15 bits per heavy atom. The number of carbonyl (C=O) groups excluding carboxylic acids is 3. The molecule has 1 aromatic rings. The first-order valence-electron chi connectivity index (χ1n) is 9.06. The Morgan fingerprint density at radius 3 is 2.85 bits per heavy atom. The molecule has 26 heavy (non-hydrogen) atoms. The Labute approximate surface area is 153 Å². The average Bonchev–Trinajstić information content (AvgIpc) is 3.12. The summed E-state index contributed by atoms with van der Waals surface area (Å²) in [7, 11) is 0. The zero-order valence-electron chi connectivity index (χ0n) is 15.1. The summed E-state index contributed by atoms with van der Waals surface area (Å²) in [6, 6.07) is 7.40. The number of nitrogens with zero attached hydrogens (tertiary/aromatic N) is 2. The quantitative estimate of drug-likeness (QED) is 0.834. The van der Waals surface area contributed by atoms with Crippen molar-refractivity contribution in [1.29, 1.82) is 0 Å². The maximum absolute atomic E-state index is 12.9. The molecular weight excluding hydrogens is 334 g/mol. The van der Waals surface area contributed by atoms with Gasteiger partial charge in [-0.1, -0.05) is 24.3 Å². The van der Waals surface area contributed by atoms with Gasteiger partial charge in [-0.25, -0.2) is 4.79 Å². The standard InChI is InChI=1S/C19H25N3O4/c1-14-5-2-3-6-15(14)11-21(12-16-7-4-10-26-16)18(24)13-22-17(23)8-9-20-19(22)25/h2-3,5-6,16H,4,7-13H2,1H3,(H,20,25)/t16-/m0/s1. The number of aryl methyl sites for hydroxylation is 1. The van der Waals surface area contributed by atoms with Gasteiger partial charge in [-0.05, 0) is 30.9 Å². The largest absolute Gasteiger partial charge is 0.376 e. The molecular formula is C19H25N3O4. The van der Waals surface area contributed by atoms with E-state index in [9.17, 15) is 14.4 Å². The third kappa shape index (κ3) is 4.40. The molecule has 1 atom stereocenters. The van der Waals surface area contributed by atoms with E-state index in [2.05, 4.69) is 5.32 Å². The van der Waals surface area contributed by atoms with E-state index in [0.717, 1.165) is 28.9 Å². The van der Waals surface area contributed by atoms with E-state index in [0.29, 0.717) is 26.2 Å². The summed E-state index contributed by atoms with van der Waals surface area (Å²) in [5, 5.41) is 2.61. The van der Waals surface area contributed by atoms with Gasteiger partial charge in [0, 0.05) is 32.7 Å². The minimum atomic E-state index is -0.498. The van der Waals surface area contributed by atoms with Crippen molar-refractivity contribution in [2.24, 2.45) is 0 Å². The molecule has 4 amide bonds. The zero-order chi connectivity index (χ0) is 18.5. The van der Waals surface area contributed by atoms with E-state index in [1.165, 1.54) is 0 Å². The SMILES string of the molecule is Cc1ccccc1CN(C[C@@H]1CCCO1)C(=O)CN1C(=O)CCNC1=O. The lowest BCUT2D eigenvalue weighted by Crippen LogP contribution is -2.54. The monoisotopic (exact) mass is 359 g/mol. The molecule has 7 heteroatoms. The molecule has 2 saturated heterocycles. The number of hydrogen-bond donors (Lipinski definition) is 1. The highest BCUT2D eigenvalue weighted by molar-refractivity contribution is 6.00. The van der Waals surface area contributed by atoms with Crippen LogP contribution in [0.3, 0.4) is 0 Å². The van der Waals surface area contributed by atoms with Gasteiger partial charge in [0.05, 0.1) is 6.10 Å². The van der Waals surface area contributed by atoms with E-state index in [-0.39, 0.29) is 30.9 Å². The van der Waals surface area contributed by atoms with Crippen LogP contribution < -0.4 is 5.32 Å². The van der Waals surface area contributed by atoms with Crippen LogP contribution in [0.25, 0.3) is 0 Å². The summed E-state index contributed by atoms with van der Waals surface area (Å²) < 4.78 is 5.68. The molecule has 2 aliphatic rings. The van der Waals surface area contributed by atoms with Gasteiger partial charge in [0.1, 0.15) is 6.54 Å². The molecule has 1 N–H and O–H groups in total. The third-order valence-electron chi connectivity index (χ3n) is 4.88. The van der Waals surface area contributed by atoms with E-state index in [1.807, 2.05) is 31.2 Å². The first-order valence-corrected chi connectivity index (χ1v) is 9.06. The summed E-state index contributed by atoms with van der Waals surface area (Å²) in [4.78, 5) is 39.5. The van der Waals surface area contributed by atoms with Crippen molar-refractivity contribution in [1.82, 2.24) is 15.1 Å². The molecule has 0 aromatic heterocycles. The smallest absolute Gasteiger partial charge is 0.324 e. The van der Waals surface area contributed by atoms with Gasteiger partial charge in [-0.3, -0.25) is 14.5 Å². The second kappa shape index (κ2) is 8.31. The molecule has 7 nitrogen and oxygen atoms in total. The summed E-state index contributed by atoms with van der Waals surface area (Å²) in [5.74, 6) is -0.552. The van der Waals surface area contributed by atoms with Gasteiger partial charge < -0.3 is 15.0 Å². The van der Waals surface area contributed by atoms with Gasteiger partial charge in [0.15, 0.2) is 0 Å². The van der Waals surface area contributed by atoms with Crippen molar-refractivity contribution in [3.8, 4) is 0 Å². The summed E-state index contributed by atoms with van der Waals surface area (Å²) in [6.45, 7) is 3.72. The van der Waals surface area contributed by atoms with Crippen LogP contribution in [0.2, 0.25) is 0 Å². The number of carbonyl (C=O) groups is 3. The highest BCUT2D eigenvalue weighted by atomic mass is 16.5. The van der Waals surface area contributed by atoms with E-state index in [1.54, 1.807) is 4.90 Å². The molecule has 1 aromatic carbocycles. The minimum Gasteiger partial charge on any atom is -0.376 e. The maximum atomic E-state index is 12.9. The number of benzene rings is 1. The summed E-state index contributed by atoms with van der Waals surface area (Å²) in [6.07, 6.45) is 2.14. The lowest BCUT2D eigenvalue weighted by Gasteiger charge is -2.30. The number of ether oxygens (including phenoxy) is 1. The molecule has 0 aliphatic carbocycles. The fraction of sp³-hybridized carbons (Fsp3) is 0.526. The number of urea groups is 1. The van der Waals surface area contributed by atoms with E-state index in [4.69, 9.17) is 4.74 Å². The van der Waals surface area contributed by atoms with Gasteiger partial charge in [0.2, 0.25) is 11.8 Å². The Morgan fingerprint density at radius 1 is 1.35 bits per heavy atom. The molecule has 140 valence electrons. The molecule has 0 saturated carbocycles. The Bertz CT molecular complexity index is 669. The Hall–Kier alpha value is -2.41. The van der Waals surface area contributed by atoms with Gasteiger partial charge in [0.25, 0.3) is 0 Å². The topological polar surface area (TPSA) is 79.0 Å². The van der Waals surface area contributed by atoms with Crippen LogP contribution in [0.1, 0.15) is 30.4 Å². The molecule has 2 heterocycles. The third-order valence-corrected chi connectivity index (χ3v) is 4.88. The first-order chi connectivity index (χ1) is 12.5. The molecule has 2 aliphatic heterocycles. The second-order valence-electron chi connectivity index (χ2n) is 6.80. The highest BCUT2D eigenvalue weighted by Gasteiger charge is 2.30. The number of rotatable bonds is 6. The maximum Gasteiger partial charge on any atom is 0.324 e. The van der Waals surface area contributed by atoms with Crippen molar-refractivity contribution in [3.05, 3.63) is 35.4 Å². The van der Waals surface area contributed by atoms with Crippen LogP contribution in [-0.4, -0.2) is 60.0 Å². The zero-order valence-corrected chi connectivity index (χ0v) is 15.1. The molecule has 0 bridgehead atoms. The molecule has 0 unspecified atom stereocenters. The lowest BCUT2D eigenvalue weighted by atomic mass is 10.1. The van der Waals surface area contributed by atoms with E-state index < -0.39 is 6.03 Å². The Kier molecular flexibility index (Phi) is 5.88. The van der Waals surface area contributed by atoms with Crippen molar-refractivity contribution in [2.75, 3.05) is 26.2 Å². The van der Waals surface area contributed by atoms with Crippen LogP contribution in [0.5, 0.6) is 0 Å². The highest BCUT2D eigenvalue weighted by Crippen LogP contribution is 2.17. The predicted octanol–water partition coefficient (Wildman–Crippen LogP) is 1.44. The van der Waals surface area contributed by atoms with Gasteiger partial charge >= 0.3 is 6.03 Å². The molecule has 2 fully saturated rings. The van der Waals surface area contributed by atoms with Crippen molar-refractivity contribution >= 4 is 17.8 Å². The summed E-state index contributed by atoms with van der Waals surface area (Å²) in [5.41, 5.74) is 2.15. The first kappa shape index (κ1) is 18.4. The van der Waals surface area contributed by atoms with E-state index >= 15 is 0 Å². The van der Waals surface area contributed by atoms with Crippen LogP contribution in [0.4, 0.5) is 4.79 Å². The molecule has 3 rings (SSSR count). The van der Waals surface area contributed by atoms with Crippen LogP contribution in [-0.2, 0) is 20.9 Å². The number of hydrogen-bond acceptors (Lipinski definition) is 4. The Balaban J connectivity index is 1.72. The fourth-order valence-electron chi connectivity index (χ4n) is 3.30. The number of nitrogens with one attached hydrogen (secondary N) is 1. The normalized spacial score (nSPS) is 20.2. The van der Waals surface area contributed by atoms with Crippen molar-refractivity contribution < 1.29 is 19.1 Å². The molecule has 0 radical (unpaired) electrons. The minimum absolute atomic E-state index is 0.00820. The summed E-state index contributed by atoms with van der Waals surface area (Å²) >= 11 is 0. The van der Waals surface area contributed by atoms with Crippen LogP contribution in [0, 0.1) is 6.92 Å². The van der Waals surface area contributed by atoms with Crippen LogP contribution in [0.15, 0.2) is 24.3 Å². The van der Waals surface area contributed by atoms with Crippen molar-refractivity contribution in [2.45, 2.75) is 38.8 Å². The average molecular weight is 359 g/mol. The van der Waals surface area contributed by atoms with Gasteiger partial charge in [-0.15, -0.1) is 0 Å².